The second-order valence-corrected chi connectivity index (χ2v) is 3.25. The topological polar surface area (TPSA) is 47.0 Å². The zero-order chi connectivity index (χ0) is 9.10. The number of rotatable bonds is 3. The molecule has 1 aromatic heterocycles. The van der Waals surface area contributed by atoms with Gasteiger partial charge < -0.3 is 10.1 Å². The molecule has 1 aromatic rings. The summed E-state index contributed by atoms with van der Waals surface area (Å²) in [7, 11) is 0. The van der Waals surface area contributed by atoms with Gasteiger partial charge in [0.05, 0.1) is 12.4 Å². The predicted molar refractivity (Wildman–Crippen MR) is 48.5 cm³/mol. The Morgan fingerprint density at radius 1 is 1.54 bits per heavy atom. The van der Waals surface area contributed by atoms with E-state index in [9.17, 15) is 0 Å². The highest BCUT2D eigenvalue weighted by Gasteiger charge is 2.24. The monoisotopic (exact) mass is 179 g/mol. The lowest BCUT2D eigenvalue weighted by molar-refractivity contribution is 0.132. The van der Waals surface area contributed by atoms with Crippen LogP contribution >= 0.6 is 0 Å². The van der Waals surface area contributed by atoms with Gasteiger partial charge in [-0.1, -0.05) is 0 Å². The van der Waals surface area contributed by atoms with Gasteiger partial charge in [0.1, 0.15) is 12.4 Å². The average Bonchev–Trinajstić information content (AvgIpc) is 2.02. The number of nitrogens with one attached hydrogen (secondary N) is 1. The third kappa shape index (κ3) is 1.95. The molecule has 0 radical (unpaired) electrons. The van der Waals surface area contributed by atoms with Crippen molar-refractivity contribution in [1.29, 1.82) is 0 Å². The molecule has 0 bridgehead atoms. The maximum absolute atomic E-state index is 5.63. The van der Waals surface area contributed by atoms with Gasteiger partial charge in [-0.3, -0.25) is 0 Å². The Morgan fingerprint density at radius 3 is 2.77 bits per heavy atom. The van der Waals surface area contributed by atoms with Crippen molar-refractivity contribution in [1.82, 2.24) is 15.3 Å². The molecular weight excluding hydrogens is 166 g/mol. The fraction of sp³-hybridized carbons (Fsp3) is 0.556. The quantitative estimate of drug-likeness (QED) is 0.738. The maximum Gasteiger partial charge on any atom is 0.156 e. The highest BCUT2D eigenvalue weighted by atomic mass is 16.5. The van der Waals surface area contributed by atoms with Gasteiger partial charge in [-0.2, -0.15) is 0 Å². The van der Waals surface area contributed by atoms with Crippen molar-refractivity contribution in [2.75, 3.05) is 6.54 Å². The number of ether oxygens (including phenoxy) is 1. The summed E-state index contributed by atoms with van der Waals surface area (Å²) < 4.78 is 5.63. The maximum atomic E-state index is 5.63. The minimum absolute atomic E-state index is 0.194. The molecule has 0 saturated carbocycles. The summed E-state index contributed by atoms with van der Waals surface area (Å²) in [5, 5.41) is 3.30. The molecule has 1 aliphatic heterocycles. The summed E-state index contributed by atoms with van der Waals surface area (Å²) in [6, 6.07) is 0.486. The Balaban J connectivity index is 1.90. The molecule has 4 nitrogen and oxygen atoms in total. The molecule has 0 aliphatic carbocycles. The first-order chi connectivity index (χ1) is 6.36. The standard InChI is InChI=1S/C9H13N3O/c1-7(9-2-3-12-9)13-8-4-10-6-11-5-8/h4-7,9,12H,2-3H2,1H3/t7?,9-/m0/s1. The molecule has 1 fully saturated rings. The molecule has 1 saturated heterocycles. The fourth-order valence-electron chi connectivity index (χ4n) is 1.35. The SMILES string of the molecule is CC(Oc1cncnc1)[C@@H]1CCN1. The van der Waals surface area contributed by atoms with E-state index < -0.39 is 0 Å². The Hall–Kier alpha value is -1.16. The third-order valence-electron chi connectivity index (χ3n) is 2.29. The van der Waals surface area contributed by atoms with E-state index in [-0.39, 0.29) is 6.10 Å². The Kier molecular flexibility index (Phi) is 2.40. The van der Waals surface area contributed by atoms with Crippen LogP contribution in [-0.4, -0.2) is 28.7 Å². The molecule has 2 heterocycles. The van der Waals surface area contributed by atoms with Gasteiger partial charge in [-0.25, -0.2) is 9.97 Å². The summed E-state index contributed by atoms with van der Waals surface area (Å²) in [4.78, 5) is 7.77. The van der Waals surface area contributed by atoms with Crippen LogP contribution in [0.2, 0.25) is 0 Å². The van der Waals surface area contributed by atoms with Gasteiger partial charge in [0.25, 0.3) is 0 Å². The van der Waals surface area contributed by atoms with E-state index in [1.165, 1.54) is 12.7 Å². The number of aromatic nitrogens is 2. The normalized spacial score (nSPS) is 23.3. The second kappa shape index (κ2) is 3.70. The van der Waals surface area contributed by atoms with Gasteiger partial charge in [-0.05, 0) is 19.9 Å². The number of hydrogen-bond donors (Lipinski definition) is 1. The van der Waals surface area contributed by atoms with E-state index in [0.29, 0.717) is 6.04 Å². The van der Waals surface area contributed by atoms with Gasteiger partial charge in [-0.15, -0.1) is 0 Å². The van der Waals surface area contributed by atoms with Crippen LogP contribution in [0.1, 0.15) is 13.3 Å². The Labute approximate surface area is 77.4 Å². The first-order valence-corrected chi connectivity index (χ1v) is 4.51. The molecule has 0 amide bonds. The molecule has 1 unspecified atom stereocenters. The Bertz CT molecular complexity index is 261. The summed E-state index contributed by atoms with van der Waals surface area (Å²) in [6.45, 7) is 3.16. The predicted octanol–water partition coefficient (Wildman–Crippen LogP) is 0.606. The largest absolute Gasteiger partial charge is 0.486 e. The van der Waals surface area contributed by atoms with Crippen LogP contribution in [0.4, 0.5) is 0 Å². The van der Waals surface area contributed by atoms with Crippen molar-refractivity contribution in [3.05, 3.63) is 18.7 Å². The van der Waals surface area contributed by atoms with Crippen LogP contribution in [0.15, 0.2) is 18.7 Å². The van der Waals surface area contributed by atoms with Gasteiger partial charge in [0.2, 0.25) is 0 Å². The molecule has 1 aliphatic rings. The van der Waals surface area contributed by atoms with Crippen LogP contribution in [-0.2, 0) is 0 Å². The average molecular weight is 179 g/mol. The van der Waals surface area contributed by atoms with E-state index in [0.717, 1.165) is 12.3 Å². The van der Waals surface area contributed by atoms with Crippen LogP contribution in [0, 0.1) is 0 Å². The molecule has 2 atom stereocenters. The molecule has 1 N–H and O–H groups in total. The van der Waals surface area contributed by atoms with Crippen molar-refractivity contribution in [3.63, 3.8) is 0 Å². The van der Waals surface area contributed by atoms with Crippen molar-refractivity contribution in [2.45, 2.75) is 25.5 Å². The summed E-state index contributed by atoms with van der Waals surface area (Å²) in [5.41, 5.74) is 0. The van der Waals surface area contributed by atoms with Crippen molar-refractivity contribution >= 4 is 0 Å². The fourth-order valence-corrected chi connectivity index (χ4v) is 1.35. The van der Waals surface area contributed by atoms with Crippen molar-refractivity contribution in [3.8, 4) is 5.75 Å². The highest BCUT2D eigenvalue weighted by Crippen LogP contribution is 2.14. The van der Waals surface area contributed by atoms with Crippen molar-refractivity contribution < 1.29 is 4.74 Å². The number of nitrogens with zero attached hydrogens (tertiary/aromatic N) is 2. The highest BCUT2D eigenvalue weighted by molar-refractivity contribution is 5.11. The van der Waals surface area contributed by atoms with Crippen LogP contribution in [0.25, 0.3) is 0 Å². The smallest absolute Gasteiger partial charge is 0.156 e. The van der Waals surface area contributed by atoms with Crippen molar-refractivity contribution in [2.24, 2.45) is 0 Å². The Morgan fingerprint density at radius 2 is 2.23 bits per heavy atom. The van der Waals surface area contributed by atoms with Gasteiger partial charge >= 0.3 is 0 Å². The second-order valence-electron chi connectivity index (χ2n) is 3.25. The molecule has 4 heteroatoms. The molecule has 0 aromatic carbocycles. The lowest BCUT2D eigenvalue weighted by atomic mass is 10.0. The van der Waals surface area contributed by atoms with E-state index >= 15 is 0 Å². The van der Waals surface area contributed by atoms with E-state index in [2.05, 4.69) is 22.2 Å². The summed E-state index contributed by atoms with van der Waals surface area (Å²) in [5.74, 6) is 0.740. The first kappa shape index (κ1) is 8.44. The lowest BCUT2D eigenvalue weighted by Gasteiger charge is -2.32. The molecule has 70 valence electrons. The molecule has 0 spiro atoms. The van der Waals surface area contributed by atoms with E-state index in [1.807, 2.05) is 0 Å². The number of hydrogen-bond acceptors (Lipinski definition) is 4. The van der Waals surface area contributed by atoms with E-state index in [4.69, 9.17) is 4.74 Å². The van der Waals surface area contributed by atoms with Gasteiger partial charge in [0, 0.05) is 6.04 Å². The molecular formula is C9H13N3O. The zero-order valence-corrected chi connectivity index (χ0v) is 7.60. The van der Waals surface area contributed by atoms with E-state index in [1.54, 1.807) is 12.4 Å². The minimum Gasteiger partial charge on any atom is -0.486 e. The van der Waals surface area contributed by atoms with Crippen LogP contribution in [0.5, 0.6) is 5.75 Å². The molecule has 2 rings (SSSR count). The van der Waals surface area contributed by atoms with Crippen LogP contribution in [0.3, 0.4) is 0 Å². The lowest BCUT2D eigenvalue weighted by Crippen LogP contribution is -2.51. The van der Waals surface area contributed by atoms with Crippen LogP contribution < -0.4 is 10.1 Å². The van der Waals surface area contributed by atoms with Gasteiger partial charge in [0.15, 0.2) is 5.75 Å². The third-order valence-corrected chi connectivity index (χ3v) is 2.29. The first-order valence-electron chi connectivity index (χ1n) is 4.51. The summed E-state index contributed by atoms with van der Waals surface area (Å²) >= 11 is 0. The minimum atomic E-state index is 0.194. The summed E-state index contributed by atoms with van der Waals surface area (Å²) in [6.07, 6.45) is 6.25. The zero-order valence-electron chi connectivity index (χ0n) is 7.60. The molecule has 13 heavy (non-hydrogen) atoms.